The number of hydrogen-bond acceptors (Lipinski definition) is 7. The van der Waals surface area contributed by atoms with Gasteiger partial charge in [-0.1, -0.05) is 36.4 Å². The zero-order valence-corrected chi connectivity index (χ0v) is 22.8. The first kappa shape index (κ1) is 28.6. The molecule has 0 spiro atoms. The average Bonchev–Trinajstić information content (AvgIpc) is 2.91. The number of aromatic nitrogens is 1. The van der Waals surface area contributed by atoms with Crippen molar-refractivity contribution in [2.24, 2.45) is 0 Å². The Morgan fingerprint density at radius 1 is 0.868 bits per heavy atom. The number of ether oxygens (including phenoxy) is 2. The number of nitrogens with zero attached hydrogens (tertiary/aromatic N) is 1. The highest BCUT2D eigenvalue weighted by Gasteiger charge is 2.27. The summed E-state index contributed by atoms with van der Waals surface area (Å²) in [6, 6.07) is 17.2. The molecule has 2 aromatic carbocycles. The van der Waals surface area contributed by atoms with Crippen LogP contribution >= 0.6 is 0 Å². The van der Waals surface area contributed by atoms with Crippen LogP contribution in [0.25, 0.3) is 12.2 Å². The number of anilines is 2. The summed E-state index contributed by atoms with van der Waals surface area (Å²) in [6.45, 7) is 8.90. The van der Waals surface area contributed by atoms with E-state index in [9.17, 15) is 9.59 Å². The van der Waals surface area contributed by atoms with Crippen molar-refractivity contribution in [1.29, 1.82) is 0 Å². The molecule has 7 nitrogen and oxygen atoms in total. The number of nitrogens with one attached hydrogen (secondary N) is 2. The monoisotopic (exact) mass is 515 g/mol. The highest BCUT2D eigenvalue weighted by Crippen LogP contribution is 2.23. The summed E-state index contributed by atoms with van der Waals surface area (Å²) in [5.74, 6) is 0.532. The van der Waals surface area contributed by atoms with Crippen LogP contribution in [0.4, 0.5) is 11.4 Å². The Morgan fingerprint density at radius 3 is 2.21 bits per heavy atom. The second-order valence-electron chi connectivity index (χ2n) is 10.3. The minimum absolute atomic E-state index is 0.367. The third kappa shape index (κ3) is 8.56. The molecular weight excluding hydrogens is 478 g/mol. The average molecular weight is 516 g/mol. The van der Waals surface area contributed by atoms with Gasteiger partial charge in [0.15, 0.2) is 12.6 Å². The fraction of sp³-hybridized carbons (Fsp3) is 0.323. The van der Waals surface area contributed by atoms with Crippen LogP contribution in [-0.4, -0.2) is 49.0 Å². The van der Waals surface area contributed by atoms with E-state index in [0.29, 0.717) is 54.8 Å². The minimum Gasteiger partial charge on any atom is -0.469 e. The Kier molecular flexibility index (Phi) is 9.79. The SMILES string of the molecule is CNc1ccc(/C=C/c2ccc(OC(C)(C)COC(C)(C)CCNc3cccc(C=O)c3C=O)nc2)cc1. The smallest absolute Gasteiger partial charge is 0.213 e. The normalized spacial score (nSPS) is 11.8. The van der Waals surface area contributed by atoms with Gasteiger partial charge in [-0.05, 0) is 69.5 Å². The van der Waals surface area contributed by atoms with E-state index >= 15 is 0 Å². The molecule has 0 amide bonds. The lowest BCUT2D eigenvalue weighted by Crippen LogP contribution is -2.39. The molecule has 0 aliphatic heterocycles. The maximum absolute atomic E-state index is 11.4. The standard InChI is InChI=1S/C31H37N3O4/c1-30(2,17-18-33-28-8-6-7-25(20-35)27(28)21-36)37-22-31(3,4)38-29-16-13-24(19-34-29)10-9-23-11-14-26(32-5)15-12-23/h6-16,19-21,32-33H,17-18,22H2,1-5H3/b10-9+. The highest BCUT2D eigenvalue weighted by atomic mass is 16.6. The number of carbonyl (C=O) groups is 2. The molecule has 7 heteroatoms. The van der Waals surface area contributed by atoms with Gasteiger partial charge in [0, 0.05) is 48.4 Å². The summed E-state index contributed by atoms with van der Waals surface area (Å²) in [6.07, 6.45) is 7.92. The first-order valence-electron chi connectivity index (χ1n) is 12.7. The summed E-state index contributed by atoms with van der Waals surface area (Å²) in [7, 11) is 1.90. The van der Waals surface area contributed by atoms with Crippen LogP contribution in [0.2, 0.25) is 0 Å². The number of carbonyl (C=O) groups excluding carboxylic acids is 2. The van der Waals surface area contributed by atoms with Gasteiger partial charge in [-0.15, -0.1) is 0 Å². The Balaban J connectivity index is 1.49. The Bertz CT molecular complexity index is 1230. The zero-order chi connectivity index (χ0) is 27.6. The second kappa shape index (κ2) is 13.0. The molecule has 0 unspecified atom stereocenters. The molecule has 0 saturated heterocycles. The van der Waals surface area contributed by atoms with Crippen molar-refractivity contribution in [3.05, 3.63) is 83.0 Å². The summed E-state index contributed by atoms with van der Waals surface area (Å²) >= 11 is 0. The molecule has 3 aromatic rings. The molecule has 0 bridgehead atoms. The van der Waals surface area contributed by atoms with Gasteiger partial charge < -0.3 is 20.1 Å². The van der Waals surface area contributed by atoms with Crippen LogP contribution in [-0.2, 0) is 4.74 Å². The number of pyridine rings is 1. The van der Waals surface area contributed by atoms with Crippen molar-refractivity contribution in [2.75, 3.05) is 30.8 Å². The predicted molar refractivity (Wildman–Crippen MR) is 154 cm³/mol. The van der Waals surface area contributed by atoms with E-state index in [1.165, 1.54) is 0 Å². The van der Waals surface area contributed by atoms with E-state index in [2.05, 4.69) is 27.8 Å². The summed E-state index contributed by atoms with van der Waals surface area (Å²) < 4.78 is 12.3. The molecule has 0 saturated carbocycles. The molecule has 1 aromatic heterocycles. The lowest BCUT2D eigenvalue weighted by Gasteiger charge is -2.32. The van der Waals surface area contributed by atoms with Crippen LogP contribution in [0.5, 0.6) is 5.88 Å². The Labute approximate surface area is 225 Å². The quantitative estimate of drug-likeness (QED) is 0.241. The molecule has 200 valence electrons. The number of benzene rings is 2. The second-order valence-corrected chi connectivity index (χ2v) is 10.3. The number of aldehydes is 2. The summed E-state index contributed by atoms with van der Waals surface area (Å²) in [4.78, 5) is 27.0. The maximum Gasteiger partial charge on any atom is 0.213 e. The topological polar surface area (TPSA) is 89.5 Å². The molecule has 0 fully saturated rings. The van der Waals surface area contributed by atoms with Crippen molar-refractivity contribution in [2.45, 2.75) is 45.3 Å². The first-order chi connectivity index (χ1) is 18.1. The molecular formula is C31H37N3O4. The van der Waals surface area contributed by atoms with Crippen molar-refractivity contribution >= 4 is 36.1 Å². The summed E-state index contributed by atoms with van der Waals surface area (Å²) in [5, 5.41) is 6.36. The lowest BCUT2D eigenvalue weighted by atomic mass is 10.0. The zero-order valence-electron chi connectivity index (χ0n) is 22.8. The van der Waals surface area contributed by atoms with E-state index in [0.717, 1.165) is 16.8 Å². The molecule has 3 rings (SSSR count). The van der Waals surface area contributed by atoms with E-state index in [1.54, 1.807) is 24.4 Å². The van der Waals surface area contributed by atoms with E-state index < -0.39 is 11.2 Å². The van der Waals surface area contributed by atoms with E-state index in [4.69, 9.17) is 9.47 Å². The van der Waals surface area contributed by atoms with Gasteiger partial charge >= 0.3 is 0 Å². The van der Waals surface area contributed by atoms with Gasteiger partial charge in [0.05, 0.1) is 12.2 Å². The molecule has 0 radical (unpaired) electrons. The van der Waals surface area contributed by atoms with Gasteiger partial charge in [-0.25, -0.2) is 4.98 Å². The Hall–Kier alpha value is -3.97. The molecule has 0 atom stereocenters. The van der Waals surface area contributed by atoms with Crippen molar-refractivity contribution in [3.63, 3.8) is 0 Å². The maximum atomic E-state index is 11.4. The van der Waals surface area contributed by atoms with Crippen LogP contribution < -0.4 is 15.4 Å². The van der Waals surface area contributed by atoms with Crippen LogP contribution in [0.15, 0.2) is 60.8 Å². The van der Waals surface area contributed by atoms with Crippen LogP contribution in [0, 0.1) is 0 Å². The number of hydrogen-bond donors (Lipinski definition) is 2. The minimum atomic E-state index is -0.590. The van der Waals surface area contributed by atoms with Crippen molar-refractivity contribution in [1.82, 2.24) is 4.98 Å². The molecule has 38 heavy (non-hydrogen) atoms. The number of rotatable bonds is 14. The highest BCUT2D eigenvalue weighted by molar-refractivity contribution is 5.95. The first-order valence-corrected chi connectivity index (χ1v) is 12.7. The third-order valence-corrected chi connectivity index (χ3v) is 6.05. The van der Waals surface area contributed by atoms with Gasteiger partial charge in [0.2, 0.25) is 5.88 Å². The molecule has 0 aliphatic carbocycles. The van der Waals surface area contributed by atoms with E-state index in [1.807, 2.05) is 71.2 Å². The molecule has 0 aliphatic rings. The van der Waals surface area contributed by atoms with E-state index in [-0.39, 0.29) is 0 Å². The van der Waals surface area contributed by atoms with Gasteiger partial charge in [-0.2, -0.15) is 0 Å². The van der Waals surface area contributed by atoms with Crippen molar-refractivity contribution in [3.8, 4) is 5.88 Å². The lowest BCUT2D eigenvalue weighted by molar-refractivity contribution is -0.0840. The van der Waals surface area contributed by atoms with Gasteiger partial charge in [0.1, 0.15) is 5.60 Å². The van der Waals surface area contributed by atoms with Gasteiger partial charge in [0.25, 0.3) is 0 Å². The molecule has 2 N–H and O–H groups in total. The van der Waals surface area contributed by atoms with Crippen LogP contribution in [0.1, 0.15) is 66.0 Å². The molecule has 1 heterocycles. The third-order valence-electron chi connectivity index (χ3n) is 6.05. The predicted octanol–water partition coefficient (Wildman–Crippen LogP) is 6.37. The van der Waals surface area contributed by atoms with Crippen LogP contribution in [0.3, 0.4) is 0 Å². The van der Waals surface area contributed by atoms with Crippen molar-refractivity contribution < 1.29 is 19.1 Å². The van der Waals surface area contributed by atoms with Gasteiger partial charge in [-0.3, -0.25) is 9.59 Å². The fourth-order valence-corrected chi connectivity index (χ4v) is 3.73. The Morgan fingerprint density at radius 2 is 1.58 bits per heavy atom. The summed E-state index contributed by atoms with van der Waals surface area (Å²) in [5.41, 5.74) is 3.52. The largest absolute Gasteiger partial charge is 0.469 e. The fourth-order valence-electron chi connectivity index (χ4n) is 3.73.